The van der Waals surface area contributed by atoms with Gasteiger partial charge in [0.15, 0.2) is 0 Å². The van der Waals surface area contributed by atoms with Gasteiger partial charge in [-0.25, -0.2) is 0 Å². The number of rotatable bonds is 4. The summed E-state index contributed by atoms with van der Waals surface area (Å²) < 4.78 is 5.38. The molecular formula is C15H23NOS. The molecule has 0 bridgehead atoms. The van der Waals surface area contributed by atoms with Gasteiger partial charge < -0.3 is 4.74 Å². The number of hydrogen-bond acceptors (Lipinski definition) is 3. The molecule has 1 saturated heterocycles. The number of thiocarbonyl (C=S) groups is 1. The average Bonchev–Trinajstić information content (AvgIpc) is 2.38. The number of hydrogen-bond donors (Lipinski definition) is 0. The van der Waals surface area contributed by atoms with Crippen LogP contribution >= 0.6 is 12.2 Å². The van der Waals surface area contributed by atoms with Crippen LogP contribution in [0.2, 0.25) is 0 Å². The monoisotopic (exact) mass is 265 g/mol. The maximum atomic E-state index is 5.49. The van der Waals surface area contributed by atoms with E-state index in [0.717, 1.165) is 50.6 Å². The van der Waals surface area contributed by atoms with E-state index >= 15 is 0 Å². The van der Waals surface area contributed by atoms with Crippen molar-refractivity contribution in [3.8, 4) is 0 Å². The Hall–Kier alpha value is -0.510. The van der Waals surface area contributed by atoms with Crippen molar-refractivity contribution in [3.05, 3.63) is 23.8 Å². The van der Waals surface area contributed by atoms with E-state index in [4.69, 9.17) is 17.0 Å². The molecule has 1 aliphatic heterocycles. The van der Waals surface area contributed by atoms with Gasteiger partial charge >= 0.3 is 0 Å². The third kappa shape index (κ3) is 3.50. The van der Waals surface area contributed by atoms with Gasteiger partial charge in [-0.05, 0) is 24.0 Å². The van der Waals surface area contributed by atoms with E-state index < -0.39 is 0 Å². The lowest BCUT2D eigenvalue weighted by Gasteiger charge is -2.34. The molecule has 0 spiro atoms. The van der Waals surface area contributed by atoms with Crippen LogP contribution in [0.1, 0.15) is 26.7 Å². The molecule has 3 heteroatoms. The maximum absolute atomic E-state index is 5.49. The van der Waals surface area contributed by atoms with Gasteiger partial charge in [0.2, 0.25) is 0 Å². The summed E-state index contributed by atoms with van der Waals surface area (Å²) in [5.74, 6) is 0. The Morgan fingerprint density at radius 1 is 1.33 bits per heavy atom. The van der Waals surface area contributed by atoms with Gasteiger partial charge in [-0.1, -0.05) is 44.3 Å². The van der Waals surface area contributed by atoms with Crippen LogP contribution in [0.5, 0.6) is 0 Å². The Kier molecular flexibility index (Phi) is 4.71. The van der Waals surface area contributed by atoms with Gasteiger partial charge in [0.25, 0.3) is 0 Å². The molecule has 1 fully saturated rings. The van der Waals surface area contributed by atoms with Gasteiger partial charge in [-0.15, -0.1) is 0 Å². The van der Waals surface area contributed by atoms with Crippen molar-refractivity contribution in [1.29, 1.82) is 0 Å². The topological polar surface area (TPSA) is 12.5 Å². The fourth-order valence-electron chi connectivity index (χ4n) is 2.54. The number of morpholine rings is 1. The number of nitrogens with zero attached hydrogens (tertiary/aromatic N) is 1. The number of ether oxygens (including phenoxy) is 1. The highest BCUT2D eigenvalue weighted by Crippen LogP contribution is 2.34. The van der Waals surface area contributed by atoms with Crippen LogP contribution < -0.4 is 0 Å². The average molecular weight is 265 g/mol. The second-order valence-corrected chi connectivity index (χ2v) is 6.22. The SMILES string of the molecule is CC(C)(CCN1CCOCC1)C1=CC=CCC1=S. The lowest BCUT2D eigenvalue weighted by Crippen LogP contribution is -2.38. The second-order valence-electron chi connectivity index (χ2n) is 5.72. The first-order valence-corrected chi connectivity index (χ1v) is 7.21. The van der Waals surface area contributed by atoms with Crippen LogP contribution in [-0.4, -0.2) is 42.6 Å². The van der Waals surface area contributed by atoms with Crippen LogP contribution in [0.4, 0.5) is 0 Å². The van der Waals surface area contributed by atoms with Crippen molar-refractivity contribution in [2.45, 2.75) is 26.7 Å². The van der Waals surface area contributed by atoms with Crippen LogP contribution in [0, 0.1) is 5.41 Å². The first-order chi connectivity index (χ1) is 8.59. The molecule has 2 aliphatic rings. The predicted molar refractivity (Wildman–Crippen MR) is 80.1 cm³/mol. The minimum absolute atomic E-state index is 0.181. The van der Waals surface area contributed by atoms with Crippen molar-refractivity contribution in [3.63, 3.8) is 0 Å². The highest BCUT2D eigenvalue weighted by atomic mass is 32.1. The molecule has 2 nitrogen and oxygen atoms in total. The molecule has 0 atom stereocenters. The molecule has 0 radical (unpaired) electrons. The summed E-state index contributed by atoms with van der Waals surface area (Å²) in [5, 5.41) is 0. The summed E-state index contributed by atoms with van der Waals surface area (Å²) in [7, 11) is 0. The molecule has 100 valence electrons. The Bertz CT molecular complexity index is 365. The third-order valence-electron chi connectivity index (χ3n) is 3.89. The van der Waals surface area contributed by atoms with E-state index in [1.807, 2.05) is 0 Å². The Balaban J connectivity index is 1.91. The summed E-state index contributed by atoms with van der Waals surface area (Å²) in [6.45, 7) is 9.66. The highest BCUT2D eigenvalue weighted by molar-refractivity contribution is 7.80. The van der Waals surface area contributed by atoms with Crippen molar-refractivity contribution in [1.82, 2.24) is 4.90 Å². The molecular weight excluding hydrogens is 242 g/mol. The summed E-state index contributed by atoms with van der Waals surface area (Å²) in [6.07, 6.45) is 8.58. The molecule has 18 heavy (non-hydrogen) atoms. The maximum Gasteiger partial charge on any atom is 0.0594 e. The molecule has 1 heterocycles. The first-order valence-electron chi connectivity index (χ1n) is 6.80. The quantitative estimate of drug-likeness (QED) is 0.725. The zero-order valence-corrected chi connectivity index (χ0v) is 12.3. The molecule has 0 unspecified atom stereocenters. The zero-order chi connectivity index (χ0) is 13.0. The van der Waals surface area contributed by atoms with Gasteiger partial charge in [-0.3, -0.25) is 4.90 Å². The van der Waals surface area contributed by atoms with E-state index in [9.17, 15) is 0 Å². The fraction of sp³-hybridized carbons (Fsp3) is 0.667. The van der Waals surface area contributed by atoms with E-state index in [1.54, 1.807) is 0 Å². The Morgan fingerprint density at radius 3 is 2.72 bits per heavy atom. The van der Waals surface area contributed by atoms with Gasteiger partial charge in [0.1, 0.15) is 0 Å². The fourth-order valence-corrected chi connectivity index (χ4v) is 2.98. The molecule has 0 N–H and O–H groups in total. The van der Waals surface area contributed by atoms with Crippen LogP contribution in [0.25, 0.3) is 0 Å². The van der Waals surface area contributed by atoms with Crippen LogP contribution in [-0.2, 0) is 4.74 Å². The minimum Gasteiger partial charge on any atom is -0.379 e. The summed E-state index contributed by atoms with van der Waals surface area (Å²) >= 11 is 5.49. The van der Waals surface area contributed by atoms with E-state index in [0.29, 0.717) is 0 Å². The third-order valence-corrected chi connectivity index (χ3v) is 4.28. The predicted octanol–water partition coefficient (Wildman–Crippen LogP) is 2.99. The molecule has 1 aliphatic carbocycles. The summed E-state index contributed by atoms with van der Waals surface area (Å²) in [4.78, 5) is 3.61. The lowest BCUT2D eigenvalue weighted by atomic mass is 9.77. The minimum atomic E-state index is 0.181. The second kappa shape index (κ2) is 6.09. The lowest BCUT2D eigenvalue weighted by molar-refractivity contribution is 0.0341. The molecule has 0 aromatic heterocycles. The summed E-state index contributed by atoms with van der Waals surface area (Å²) in [6, 6.07) is 0. The smallest absolute Gasteiger partial charge is 0.0594 e. The molecule has 0 aromatic carbocycles. The van der Waals surface area contributed by atoms with Crippen molar-refractivity contribution in [2.24, 2.45) is 5.41 Å². The standard InChI is InChI=1S/C15H23NOS/c1-15(2,13-5-3-4-6-14(13)18)7-8-16-9-11-17-12-10-16/h3-5H,6-12H2,1-2H3. The largest absolute Gasteiger partial charge is 0.379 e. The summed E-state index contributed by atoms with van der Waals surface area (Å²) in [5.41, 5.74) is 1.54. The molecule has 0 aromatic rings. The Morgan fingerprint density at radius 2 is 2.06 bits per heavy atom. The van der Waals surface area contributed by atoms with Gasteiger partial charge in [0.05, 0.1) is 13.2 Å². The van der Waals surface area contributed by atoms with Crippen LogP contribution in [0.15, 0.2) is 23.8 Å². The van der Waals surface area contributed by atoms with Gasteiger partial charge in [-0.2, -0.15) is 0 Å². The van der Waals surface area contributed by atoms with Crippen molar-refractivity contribution >= 4 is 17.1 Å². The highest BCUT2D eigenvalue weighted by Gasteiger charge is 2.27. The van der Waals surface area contributed by atoms with Gasteiger partial charge in [0, 0.05) is 24.4 Å². The van der Waals surface area contributed by atoms with Crippen molar-refractivity contribution < 1.29 is 4.74 Å². The molecule has 2 rings (SSSR count). The van der Waals surface area contributed by atoms with E-state index in [-0.39, 0.29) is 5.41 Å². The molecule has 0 saturated carbocycles. The number of allylic oxidation sites excluding steroid dienone is 4. The Labute approximate surface area is 116 Å². The van der Waals surface area contributed by atoms with Crippen LogP contribution in [0.3, 0.4) is 0 Å². The first kappa shape index (κ1) is 13.9. The van der Waals surface area contributed by atoms with E-state index in [1.165, 1.54) is 5.57 Å². The van der Waals surface area contributed by atoms with Crippen molar-refractivity contribution in [2.75, 3.05) is 32.8 Å². The zero-order valence-electron chi connectivity index (χ0n) is 11.4. The molecule has 0 amide bonds. The van der Waals surface area contributed by atoms with E-state index in [2.05, 4.69) is 37.0 Å². The normalized spacial score (nSPS) is 22.1.